The van der Waals surface area contributed by atoms with Crippen molar-refractivity contribution in [2.24, 2.45) is 0 Å². The number of hydrogen-bond donors (Lipinski definition) is 1. The lowest BCUT2D eigenvalue weighted by Crippen LogP contribution is -2.22. The predicted octanol–water partition coefficient (Wildman–Crippen LogP) is 4.19. The standard InChI is InChI=1S/C16H20ClN3/c1-3-20(4-2)16-10-9-15(12-19-16)18-11-13-5-7-14(17)8-6-13/h5-10,12,18H,3-4,11H2,1-2H3. The van der Waals surface area contributed by atoms with Gasteiger partial charge in [0, 0.05) is 24.7 Å². The Morgan fingerprint density at radius 3 is 2.30 bits per heavy atom. The molecule has 1 N–H and O–H groups in total. The van der Waals surface area contributed by atoms with Crippen LogP contribution in [0.2, 0.25) is 5.02 Å². The van der Waals surface area contributed by atoms with Crippen LogP contribution in [0.3, 0.4) is 0 Å². The van der Waals surface area contributed by atoms with Gasteiger partial charge in [-0.05, 0) is 43.7 Å². The van der Waals surface area contributed by atoms with E-state index >= 15 is 0 Å². The maximum Gasteiger partial charge on any atom is 0.128 e. The van der Waals surface area contributed by atoms with E-state index in [9.17, 15) is 0 Å². The Bertz CT molecular complexity index is 518. The summed E-state index contributed by atoms with van der Waals surface area (Å²) in [5.74, 6) is 1.02. The van der Waals surface area contributed by atoms with Crippen molar-refractivity contribution in [3.05, 3.63) is 53.2 Å². The second kappa shape index (κ2) is 7.15. The van der Waals surface area contributed by atoms with Crippen molar-refractivity contribution in [2.45, 2.75) is 20.4 Å². The smallest absolute Gasteiger partial charge is 0.128 e. The molecule has 0 aliphatic heterocycles. The number of nitrogens with zero attached hydrogens (tertiary/aromatic N) is 2. The van der Waals surface area contributed by atoms with E-state index in [2.05, 4.69) is 41.2 Å². The molecule has 106 valence electrons. The highest BCUT2D eigenvalue weighted by Gasteiger charge is 2.02. The number of halogens is 1. The predicted molar refractivity (Wildman–Crippen MR) is 86.6 cm³/mol. The zero-order valence-corrected chi connectivity index (χ0v) is 12.7. The average molecular weight is 290 g/mol. The van der Waals surface area contributed by atoms with Gasteiger partial charge in [-0.25, -0.2) is 4.98 Å². The molecule has 0 saturated heterocycles. The SMILES string of the molecule is CCN(CC)c1ccc(NCc2ccc(Cl)cc2)cn1. The molecule has 4 heteroatoms. The van der Waals surface area contributed by atoms with Crippen LogP contribution in [-0.4, -0.2) is 18.1 Å². The third-order valence-corrected chi connectivity index (χ3v) is 3.50. The molecule has 0 bridgehead atoms. The van der Waals surface area contributed by atoms with Crippen molar-refractivity contribution in [3.8, 4) is 0 Å². The van der Waals surface area contributed by atoms with Crippen LogP contribution in [0.25, 0.3) is 0 Å². The van der Waals surface area contributed by atoms with E-state index in [1.54, 1.807) is 0 Å². The van der Waals surface area contributed by atoms with E-state index in [0.29, 0.717) is 0 Å². The Kier molecular flexibility index (Phi) is 5.24. The lowest BCUT2D eigenvalue weighted by atomic mass is 10.2. The van der Waals surface area contributed by atoms with Crippen LogP contribution >= 0.6 is 11.6 Å². The monoisotopic (exact) mass is 289 g/mol. The normalized spacial score (nSPS) is 10.3. The molecule has 2 rings (SSSR count). The van der Waals surface area contributed by atoms with Crippen LogP contribution in [0, 0.1) is 0 Å². The number of hydrogen-bond acceptors (Lipinski definition) is 3. The van der Waals surface area contributed by atoms with Gasteiger partial charge in [0.05, 0.1) is 11.9 Å². The molecule has 0 radical (unpaired) electrons. The molecule has 0 aliphatic rings. The van der Waals surface area contributed by atoms with Crippen LogP contribution < -0.4 is 10.2 Å². The molecule has 0 unspecified atom stereocenters. The van der Waals surface area contributed by atoms with Crippen molar-refractivity contribution in [2.75, 3.05) is 23.3 Å². The van der Waals surface area contributed by atoms with Crippen LogP contribution in [0.15, 0.2) is 42.6 Å². The lowest BCUT2D eigenvalue weighted by molar-refractivity contribution is 0.846. The van der Waals surface area contributed by atoms with Gasteiger partial charge in [0.25, 0.3) is 0 Å². The molecule has 2 aromatic rings. The van der Waals surface area contributed by atoms with Gasteiger partial charge < -0.3 is 10.2 Å². The Hall–Kier alpha value is -1.74. The van der Waals surface area contributed by atoms with Crippen LogP contribution in [0.5, 0.6) is 0 Å². The summed E-state index contributed by atoms with van der Waals surface area (Å²) >= 11 is 5.87. The quantitative estimate of drug-likeness (QED) is 0.864. The summed E-state index contributed by atoms with van der Waals surface area (Å²) in [6, 6.07) is 12.0. The molecule has 0 aliphatic carbocycles. The fourth-order valence-electron chi connectivity index (χ4n) is 2.03. The molecule has 0 spiro atoms. The molecule has 0 atom stereocenters. The Balaban J connectivity index is 1.95. The highest BCUT2D eigenvalue weighted by atomic mass is 35.5. The van der Waals surface area contributed by atoms with Crippen LogP contribution in [-0.2, 0) is 6.54 Å². The van der Waals surface area contributed by atoms with Gasteiger partial charge in [0.1, 0.15) is 5.82 Å². The third kappa shape index (κ3) is 3.87. The van der Waals surface area contributed by atoms with Crippen molar-refractivity contribution < 1.29 is 0 Å². The fourth-order valence-corrected chi connectivity index (χ4v) is 2.16. The van der Waals surface area contributed by atoms with Gasteiger partial charge in [0.15, 0.2) is 0 Å². The van der Waals surface area contributed by atoms with E-state index in [1.807, 2.05) is 30.5 Å². The molecular weight excluding hydrogens is 270 g/mol. The second-order valence-corrected chi connectivity index (χ2v) is 4.99. The number of benzene rings is 1. The maximum atomic E-state index is 5.87. The Morgan fingerprint density at radius 1 is 1.05 bits per heavy atom. The molecule has 20 heavy (non-hydrogen) atoms. The topological polar surface area (TPSA) is 28.2 Å². The minimum absolute atomic E-state index is 0.763. The summed E-state index contributed by atoms with van der Waals surface area (Å²) in [7, 11) is 0. The van der Waals surface area contributed by atoms with E-state index in [1.165, 1.54) is 5.56 Å². The van der Waals surface area contributed by atoms with Crippen molar-refractivity contribution >= 4 is 23.1 Å². The zero-order valence-electron chi connectivity index (χ0n) is 11.9. The number of anilines is 2. The number of rotatable bonds is 6. The van der Waals surface area contributed by atoms with E-state index < -0.39 is 0 Å². The minimum atomic E-state index is 0.763. The summed E-state index contributed by atoms with van der Waals surface area (Å²) in [4.78, 5) is 6.71. The Morgan fingerprint density at radius 2 is 1.75 bits per heavy atom. The lowest BCUT2D eigenvalue weighted by Gasteiger charge is -2.19. The molecule has 0 fully saturated rings. The van der Waals surface area contributed by atoms with Gasteiger partial charge >= 0.3 is 0 Å². The number of aromatic nitrogens is 1. The number of pyridine rings is 1. The van der Waals surface area contributed by atoms with Crippen LogP contribution in [0.4, 0.5) is 11.5 Å². The van der Waals surface area contributed by atoms with Gasteiger partial charge in [-0.1, -0.05) is 23.7 Å². The maximum absolute atomic E-state index is 5.87. The highest BCUT2D eigenvalue weighted by molar-refractivity contribution is 6.30. The fraction of sp³-hybridized carbons (Fsp3) is 0.312. The number of nitrogens with one attached hydrogen (secondary N) is 1. The van der Waals surface area contributed by atoms with Crippen molar-refractivity contribution in [3.63, 3.8) is 0 Å². The van der Waals surface area contributed by atoms with Crippen molar-refractivity contribution in [1.82, 2.24) is 4.98 Å². The third-order valence-electron chi connectivity index (χ3n) is 3.25. The summed E-state index contributed by atoms with van der Waals surface area (Å²) in [5.41, 5.74) is 2.22. The molecular formula is C16H20ClN3. The molecule has 3 nitrogen and oxygen atoms in total. The second-order valence-electron chi connectivity index (χ2n) is 4.56. The van der Waals surface area contributed by atoms with Gasteiger partial charge in [-0.15, -0.1) is 0 Å². The first-order valence-corrected chi connectivity index (χ1v) is 7.30. The molecule has 0 saturated carbocycles. The summed E-state index contributed by atoms with van der Waals surface area (Å²) in [6.07, 6.45) is 1.88. The van der Waals surface area contributed by atoms with E-state index in [-0.39, 0.29) is 0 Å². The van der Waals surface area contributed by atoms with Gasteiger partial charge in [0.2, 0.25) is 0 Å². The molecule has 1 aromatic heterocycles. The first-order valence-electron chi connectivity index (χ1n) is 6.92. The van der Waals surface area contributed by atoms with E-state index in [4.69, 9.17) is 11.6 Å². The highest BCUT2D eigenvalue weighted by Crippen LogP contribution is 2.15. The van der Waals surface area contributed by atoms with Crippen molar-refractivity contribution in [1.29, 1.82) is 0 Å². The summed E-state index contributed by atoms with van der Waals surface area (Å²) in [5, 5.41) is 4.12. The van der Waals surface area contributed by atoms with E-state index in [0.717, 1.165) is 36.2 Å². The summed E-state index contributed by atoms with van der Waals surface area (Å²) < 4.78 is 0. The molecule has 1 aromatic carbocycles. The Labute approximate surface area is 125 Å². The average Bonchev–Trinajstić information content (AvgIpc) is 2.49. The molecule has 1 heterocycles. The van der Waals surface area contributed by atoms with Crippen LogP contribution in [0.1, 0.15) is 19.4 Å². The van der Waals surface area contributed by atoms with Gasteiger partial charge in [-0.3, -0.25) is 0 Å². The first kappa shape index (κ1) is 14.7. The largest absolute Gasteiger partial charge is 0.380 e. The minimum Gasteiger partial charge on any atom is -0.380 e. The molecule has 0 amide bonds. The van der Waals surface area contributed by atoms with Gasteiger partial charge in [-0.2, -0.15) is 0 Å². The summed E-state index contributed by atoms with van der Waals surface area (Å²) in [6.45, 7) is 6.99. The first-order chi connectivity index (χ1) is 9.72. The zero-order chi connectivity index (χ0) is 14.4.